The van der Waals surface area contributed by atoms with E-state index < -0.39 is 13.8 Å². The maximum absolute atomic E-state index is 11.0. The van der Waals surface area contributed by atoms with Gasteiger partial charge in [0.05, 0.1) is 4.75 Å². The number of halogens is 1. The first-order valence-corrected chi connectivity index (χ1v) is 6.42. The molecule has 0 aliphatic heterocycles. The lowest BCUT2D eigenvalue weighted by molar-refractivity contribution is 0.476. The molecule has 0 radical (unpaired) electrons. The molecule has 0 aliphatic rings. The Bertz CT molecular complexity index is 229. The van der Waals surface area contributed by atoms with Gasteiger partial charge in [-0.2, -0.15) is 0 Å². The SMILES string of the molecule is CC(C)CCC(C)(C)S(=O)(=O)Cl. The van der Waals surface area contributed by atoms with Crippen molar-refractivity contribution in [2.45, 2.75) is 45.3 Å². The molecule has 0 N–H and O–H groups in total. The highest BCUT2D eigenvalue weighted by molar-refractivity contribution is 8.14. The Kier molecular flexibility index (Phi) is 4.04. The van der Waals surface area contributed by atoms with Crippen LogP contribution in [-0.2, 0) is 9.05 Å². The minimum atomic E-state index is -3.43. The third-order valence-corrected chi connectivity index (χ3v) is 4.76. The molecule has 0 amide bonds. The molecule has 0 heterocycles. The van der Waals surface area contributed by atoms with Crippen LogP contribution >= 0.6 is 10.7 Å². The summed E-state index contributed by atoms with van der Waals surface area (Å²) in [4.78, 5) is 0. The Morgan fingerprint density at radius 3 is 2.00 bits per heavy atom. The summed E-state index contributed by atoms with van der Waals surface area (Å²) < 4.78 is 21.3. The highest BCUT2D eigenvalue weighted by atomic mass is 35.7. The van der Waals surface area contributed by atoms with E-state index in [2.05, 4.69) is 13.8 Å². The van der Waals surface area contributed by atoms with E-state index in [0.29, 0.717) is 12.3 Å². The van der Waals surface area contributed by atoms with E-state index in [1.807, 2.05) is 0 Å². The van der Waals surface area contributed by atoms with Crippen LogP contribution in [0.4, 0.5) is 0 Å². The van der Waals surface area contributed by atoms with Crippen molar-refractivity contribution in [1.82, 2.24) is 0 Å². The van der Waals surface area contributed by atoms with Crippen molar-refractivity contribution in [2.75, 3.05) is 0 Å². The molecule has 0 aromatic heterocycles. The Morgan fingerprint density at radius 1 is 1.33 bits per heavy atom. The van der Waals surface area contributed by atoms with Gasteiger partial charge >= 0.3 is 0 Å². The highest BCUT2D eigenvalue weighted by Gasteiger charge is 2.31. The molecule has 4 heteroatoms. The number of hydrogen-bond donors (Lipinski definition) is 0. The summed E-state index contributed by atoms with van der Waals surface area (Å²) >= 11 is 0. The van der Waals surface area contributed by atoms with Crippen LogP contribution in [0.25, 0.3) is 0 Å². The van der Waals surface area contributed by atoms with Gasteiger partial charge in [-0.25, -0.2) is 8.42 Å². The summed E-state index contributed by atoms with van der Waals surface area (Å²) in [5.74, 6) is 0.516. The Labute approximate surface area is 79.7 Å². The molecule has 0 saturated heterocycles. The smallest absolute Gasteiger partial charge is 0.212 e. The summed E-state index contributed by atoms with van der Waals surface area (Å²) in [5.41, 5.74) is 0. The van der Waals surface area contributed by atoms with Crippen molar-refractivity contribution in [2.24, 2.45) is 5.92 Å². The zero-order valence-electron chi connectivity index (χ0n) is 8.09. The molecule has 0 saturated carbocycles. The van der Waals surface area contributed by atoms with Crippen LogP contribution in [-0.4, -0.2) is 13.2 Å². The van der Waals surface area contributed by atoms with Crippen molar-refractivity contribution in [3.05, 3.63) is 0 Å². The van der Waals surface area contributed by atoms with Crippen LogP contribution in [0.3, 0.4) is 0 Å². The summed E-state index contributed by atoms with van der Waals surface area (Å²) in [7, 11) is 1.85. The number of rotatable bonds is 4. The first-order chi connectivity index (χ1) is 5.17. The number of hydrogen-bond acceptors (Lipinski definition) is 2. The first kappa shape index (κ1) is 12.2. The van der Waals surface area contributed by atoms with Crippen molar-refractivity contribution in [3.8, 4) is 0 Å². The van der Waals surface area contributed by atoms with Crippen LogP contribution < -0.4 is 0 Å². The van der Waals surface area contributed by atoms with Crippen LogP contribution in [0.2, 0.25) is 0 Å². The van der Waals surface area contributed by atoms with Gasteiger partial charge in [0.15, 0.2) is 0 Å². The molecule has 0 rings (SSSR count). The molecule has 0 atom stereocenters. The van der Waals surface area contributed by atoms with Gasteiger partial charge in [0, 0.05) is 10.7 Å². The highest BCUT2D eigenvalue weighted by Crippen LogP contribution is 2.27. The second kappa shape index (κ2) is 3.97. The van der Waals surface area contributed by atoms with Gasteiger partial charge < -0.3 is 0 Å². The van der Waals surface area contributed by atoms with E-state index in [1.165, 1.54) is 0 Å². The maximum Gasteiger partial charge on any atom is 0.237 e. The van der Waals surface area contributed by atoms with Crippen LogP contribution in [0.1, 0.15) is 40.5 Å². The van der Waals surface area contributed by atoms with Gasteiger partial charge in [-0.3, -0.25) is 0 Å². The maximum atomic E-state index is 11.0. The summed E-state index contributed by atoms with van der Waals surface area (Å²) in [6.07, 6.45) is 1.51. The van der Waals surface area contributed by atoms with Gasteiger partial charge in [-0.1, -0.05) is 13.8 Å². The molecule has 0 aromatic rings. The van der Waals surface area contributed by atoms with E-state index in [1.54, 1.807) is 13.8 Å². The zero-order chi connectivity index (χ0) is 9.99. The molecule has 0 fully saturated rings. The van der Waals surface area contributed by atoms with E-state index in [9.17, 15) is 8.42 Å². The molecule has 12 heavy (non-hydrogen) atoms. The zero-order valence-corrected chi connectivity index (χ0v) is 9.67. The van der Waals surface area contributed by atoms with Crippen molar-refractivity contribution < 1.29 is 8.42 Å². The average molecular weight is 213 g/mol. The third kappa shape index (κ3) is 3.76. The van der Waals surface area contributed by atoms with Gasteiger partial charge in [0.2, 0.25) is 9.05 Å². The van der Waals surface area contributed by atoms with Crippen LogP contribution in [0.15, 0.2) is 0 Å². The minimum Gasteiger partial charge on any atom is -0.212 e. The molecule has 0 unspecified atom stereocenters. The third-order valence-electron chi connectivity index (χ3n) is 1.98. The fourth-order valence-corrected chi connectivity index (χ4v) is 1.35. The molecule has 74 valence electrons. The standard InChI is InChI=1S/C8H17ClO2S/c1-7(2)5-6-8(3,4)12(9,10)11/h7H,5-6H2,1-4H3. The summed E-state index contributed by atoms with van der Waals surface area (Å²) in [6.45, 7) is 7.46. The van der Waals surface area contributed by atoms with E-state index in [0.717, 1.165) is 6.42 Å². The van der Waals surface area contributed by atoms with Gasteiger partial charge in [0.25, 0.3) is 0 Å². The Balaban J connectivity index is 4.25. The lowest BCUT2D eigenvalue weighted by Crippen LogP contribution is -2.28. The largest absolute Gasteiger partial charge is 0.237 e. The average Bonchev–Trinajstić information content (AvgIpc) is 1.81. The monoisotopic (exact) mass is 212 g/mol. The Morgan fingerprint density at radius 2 is 1.75 bits per heavy atom. The minimum absolute atomic E-state index is 0.516. The topological polar surface area (TPSA) is 34.1 Å². The second-order valence-electron chi connectivity index (χ2n) is 4.13. The summed E-state index contributed by atoms with van der Waals surface area (Å²) in [5, 5.41) is 0. The van der Waals surface area contributed by atoms with Gasteiger partial charge in [-0.15, -0.1) is 0 Å². The van der Waals surface area contributed by atoms with Gasteiger partial charge in [0.1, 0.15) is 0 Å². The predicted molar refractivity (Wildman–Crippen MR) is 52.9 cm³/mol. The fourth-order valence-electron chi connectivity index (χ4n) is 0.758. The van der Waals surface area contributed by atoms with Crippen molar-refractivity contribution >= 4 is 19.7 Å². The molecule has 0 aliphatic carbocycles. The van der Waals surface area contributed by atoms with E-state index >= 15 is 0 Å². The molecule has 0 spiro atoms. The fraction of sp³-hybridized carbons (Fsp3) is 1.00. The normalized spacial score (nSPS) is 13.8. The predicted octanol–water partition coefficient (Wildman–Crippen LogP) is 2.77. The second-order valence-corrected chi connectivity index (χ2v) is 7.33. The van der Waals surface area contributed by atoms with Crippen LogP contribution in [0, 0.1) is 5.92 Å². The van der Waals surface area contributed by atoms with Crippen molar-refractivity contribution in [1.29, 1.82) is 0 Å². The van der Waals surface area contributed by atoms with Crippen LogP contribution in [0.5, 0.6) is 0 Å². The summed E-state index contributed by atoms with van der Waals surface area (Å²) in [6, 6.07) is 0. The lowest BCUT2D eigenvalue weighted by atomic mass is 10.0. The van der Waals surface area contributed by atoms with E-state index in [-0.39, 0.29) is 0 Å². The Hall–Kier alpha value is 0.240. The van der Waals surface area contributed by atoms with Gasteiger partial charge in [-0.05, 0) is 32.6 Å². The van der Waals surface area contributed by atoms with E-state index in [4.69, 9.17) is 10.7 Å². The molecule has 2 nitrogen and oxygen atoms in total. The molecule has 0 bridgehead atoms. The van der Waals surface area contributed by atoms with Crippen molar-refractivity contribution in [3.63, 3.8) is 0 Å². The molecular weight excluding hydrogens is 196 g/mol. The first-order valence-electron chi connectivity index (χ1n) is 4.11. The lowest BCUT2D eigenvalue weighted by Gasteiger charge is -2.21. The quantitative estimate of drug-likeness (QED) is 0.672. The molecule has 0 aromatic carbocycles. The molecular formula is C8H17ClO2S.